The molecule has 0 saturated carbocycles. The first-order valence-electron chi connectivity index (χ1n) is 6.96. The molecule has 1 aromatic carbocycles. The highest BCUT2D eigenvalue weighted by Gasteiger charge is 2.27. The van der Waals surface area contributed by atoms with Crippen molar-refractivity contribution in [3.8, 4) is 0 Å². The van der Waals surface area contributed by atoms with Crippen molar-refractivity contribution >= 4 is 27.7 Å². The van der Waals surface area contributed by atoms with E-state index in [1.807, 2.05) is 23.9 Å². The molecule has 1 heterocycles. The van der Waals surface area contributed by atoms with Gasteiger partial charge in [0.25, 0.3) is 0 Å². The van der Waals surface area contributed by atoms with E-state index in [1.165, 1.54) is 6.07 Å². The lowest BCUT2D eigenvalue weighted by Gasteiger charge is -2.30. The molecule has 0 aliphatic carbocycles. The van der Waals surface area contributed by atoms with Crippen LogP contribution in [0, 0.1) is 5.82 Å². The van der Waals surface area contributed by atoms with Crippen molar-refractivity contribution in [1.82, 2.24) is 4.90 Å². The summed E-state index contributed by atoms with van der Waals surface area (Å²) in [4.78, 5) is 2.43. The fourth-order valence-electron chi connectivity index (χ4n) is 2.56. The lowest BCUT2D eigenvalue weighted by atomic mass is 10.0. The molecular formula is C15H22BrFN2S. The smallest absolute Gasteiger partial charge is 0.137 e. The predicted molar refractivity (Wildman–Crippen MR) is 88.6 cm³/mol. The fraction of sp³-hybridized carbons (Fsp3) is 0.600. The zero-order chi connectivity index (χ0) is 14.8. The number of hydrogen-bond acceptors (Lipinski definition) is 3. The van der Waals surface area contributed by atoms with Gasteiger partial charge < -0.3 is 5.73 Å². The first-order valence-corrected chi connectivity index (χ1v) is 8.74. The third-order valence-electron chi connectivity index (χ3n) is 3.86. The predicted octanol–water partition coefficient (Wildman–Crippen LogP) is 3.81. The second kappa shape index (κ2) is 6.77. The van der Waals surface area contributed by atoms with Crippen LogP contribution in [0.1, 0.15) is 31.9 Å². The molecule has 0 bridgehead atoms. The van der Waals surface area contributed by atoms with Crippen molar-refractivity contribution in [2.24, 2.45) is 5.73 Å². The number of rotatable bonds is 3. The van der Waals surface area contributed by atoms with Crippen LogP contribution < -0.4 is 5.73 Å². The summed E-state index contributed by atoms with van der Waals surface area (Å²) in [5.74, 6) is 0.892. The Morgan fingerprint density at radius 3 is 2.85 bits per heavy atom. The van der Waals surface area contributed by atoms with E-state index in [0.29, 0.717) is 15.8 Å². The third kappa shape index (κ3) is 3.97. The van der Waals surface area contributed by atoms with Gasteiger partial charge in [0.15, 0.2) is 0 Å². The zero-order valence-corrected chi connectivity index (χ0v) is 14.4. The Hall–Kier alpha value is -0.100. The van der Waals surface area contributed by atoms with E-state index in [1.54, 1.807) is 0 Å². The summed E-state index contributed by atoms with van der Waals surface area (Å²) in [6.07, 6.45) is 1.15. The normalized spacial score (nSPS) is 21.4. The number of hydrogen-bond donors (Lipinski definition) is 1. The Morgan fingerprint density at radius 2 is 2.20 bits per heavy atom. The molecule has 1 aromatic rings. The van der Waals surface area contributed by atoms with Crippen LogP contribution in [0.4, 0.5) is 4.39 Å². The van der Waals surface area contributed by atoms with Crippen molar-refractivity contribution in [2.45, 2.75) is 31.1 Å². The number of nitrogens with zero attached hydrogens (tertiary/aromatic N) is 1. The van der Waals surface area contributed by atoms with Crippen LogP contribution >= 0.6 is 27.7 Å². The summed E-state index contributed by atoms with van der Waals surface area (Å²) in [6, 6.07) is 5.39. The summed E-state index contributed by atoms with van der Waals surface area (Å²) in [5.41, 5.74) is 7.07. The van der Waals surface area contributed by atoms with Crippen LogP contribution in [0.25, 0.3) is 0 Å². The van der Waals surface area contributed by atoms with Crippen LogP contribution in [0.3, 0.4) is 0 Å². The van der Waals surface area contributed by atoms with Crippen LogP contribution in [0.2, 0.25) is 0 Å². The Kier molecular flexibility index (Phi) is 5.51. The molecule has 5 heteroatoms. The lowest BCUT2D eigenvalue weighted by molar-refractivity contribution is 0.210. The molecule has 2 nitrogen and oxygen atoms in total. The van der Waals surface area contributed by atoms with E-state index in [2.05, 4.69) is 34.7 Å². The minimum atomic E-state index is -0.225. The first kappa shape index (κ1) is 16.3. The highest BCUT2D eigenvalue weighted by molar-refractivity contribution is 9.10. The molecule has 0 spiro atoms. The average Bonchev–Trinajstić information content (AvgIpc) is 2.56. The molecule has 1 fully saturated rings. The van der Waals surface area contributed by atoms with E-state index < -0.39 is 0 Å². The molecule has 1 atom stereocenters. The standard InChI is InChI=1S/C15H22BrFN2S/c1-15(2)5-6-19(7-8-20-15)14(10-18)11-3-4-13(17)12(16)9-11/h3-4,9,14H,5-8,10,18H2,1-2H3. The molecule has 1 unspecified atom stereocenters. The van der Waals surface area contributed by atoms with Crippen LogP contribution in [0.15, 0.2) is 22.7 Å². The highest BCUT2D eigenvalue weighted by atomic mass is 79.9. The number of nitrogens with two attached hydrogens (primary N) is 1. The number of halogens is 2. The topological polar surface area (TPSA) is 29.3 Å². The van der Waals surface area contributed by atoms with Gasteiger partial charge >= 0.3 is 0 Å². The number of benzene rings is 1. The van der Waals surface area contributed by atoms with Gasteiger partial charge in [0, 0.05) is 36.2 Å². The summed E-state index contributed by atoms with van der Waals surface area (Å²) in [5, 5.41) is 0. The van der Waals surface area contributed by atoms with Gasteiger partial charge in [-0.2, -0.15) is 11.8 Å². The Bertz CT molecular complexity index is 467. The summed E-state index contributed by atoms with van der Waals surface area (Å²) < 4.78 is 14.2. The minimum absolute atomic E-state index is 0.168. The van der Waals surface area contributed by atoms with Crippen LogP contribution in [0.5, 0.6) is 0 Å². The van der Waals surface area contributed by atoms with Gasteiger partial charge in [-0.25, -0.2) is 4.39 Å². The molecule has 1 aliphatic heterocycles. The van der Waals surface area contributed by atoms with Crippen molar-refractivity contribution in [2.75, 3.05) is 25.4 Å². The molecule has 2 rings (SSSR count). The Morgan fingerprint density at radius 1 is 1.45 bits per heavy atom. The van der Waals surface area contributed by atoms with Crippen molar-refractivity contribution in [3.05, 3.63) is 34.1 Å². The monoisotopic (exact) mass is 360 g/mol. The van der Waals surface area contributed by atoms with E-state index >= 15 is 0 Å². The van der Waals surface area contributed by atoms with Crippen LogP contribution in [-0.2, 0) is 0 Å². The zero-order valence-electron chi connectivity index (χ0n) is 12.0. The van der Waals surface area contributed by atoms with Crippen molar-refractivity contribution in [3.63, 3.8) is 0 Å². The van der Waals surface area contributed by atoms with Gasteiger partial charge in [0.05, 0.1) is 4.47 Å². The Balaban J connectivity index is 2.17. The molecule has 1 saturated heterocycles. The second-order valence-electron chi connectivity index (χ2n) is 5.82. The number of thioether (sulfide) groups is 1. The van der Waals surface area contributed by atoms with Gasteiger partial charge in [-0.1, -0.05) is 19.9 Å². The average molecular weight is 361 g/mol. The SMILES string of the molecule is CC1(C)CCN(C(CN)c2ccc(F)c(Br)c2)CCS1. The highest BCUT2D eigenvalue weighted by Crippen LogP contribution is 2.34. The molecule has 0 amide bonds. The van der Waals surface area contributed by atoms with Gasteiger partial charge in [0.2, 0.25) is 0 Å². The fourth-order valence-corrected chi connectivity index (χ4v) is 4.07. The minimum Gasteiger partial charge on any atom is -0.329 e. The maximum absolute atomic E-state index is 13.4. The van der Waals surface area contributed by atoms with Crippen molar-refractivity contribution < 1.29 is 4.39 Å². The third-order valence-corrected chi connectivity index (χ3v) is 5.84. The molecule has 20 heavy (non-hydrogen) atoms. The maximum atomic E-state index is 13.4. The van der Waals surface area contributed by atoms with Crippen molar-refractivity contribution in [1.29, 1.82) is 0 Å². The second-order valence-corrected chi connectivity index (χ2v) is 8.48. The van der Waals surface area contributed by atoms with Gasteiger partial charge in [0.1, 0.15) is 5.82 Å². The van der Waals surface area contributed by atoms with E-state index in [9.17, 15) is 4.39 Å². The molecule has 2 N–H and O–H groups in total. The molecule has 1 aliphatic rings. The van der Waals surface area contributed by atoms with Gasteiger partial charge in [-0.3, -0.25) is 4.90 Å². The molecule has 0 aromatic heterocycles. The van der Waals surface area contributed by atoms with Gasteiger partial charge in [-0.15, -0.1) is 0 Å². The molecular weight excluding hydrogens is 339 g/mol. The molecule has 112 valence electrons. The Labute approximate surface area is 133 Å². The maximum Gasteiger partial charge on any atom is 0.137 e. The van der Waals surface area contributed by atoms with Crippen LogP contribution in [-0.4, -0.2) is 35.0 Å². The molecule has 0 radical (unpaired) electrons. The summed E-state index contributed by atoms with van der Waals surface area (Å²) >= 11 is 5.28. The van der Waals surface area contributed by atoms with Gasteiger partial charge in [-0.05, 0) is 40.0 Å². The largest absolute Gasteiger partial charge is 0.329 e. The quantitative estimate of drug-likeness (QED) is 0.888. The van der Waals surface area contributed by atoms with E-state index in [4.69, 9.17) is 5.73 Å². The summed E-state index contributed by atoms with van der Waals surface area (Å²) in [7, 11) is 0. The first-order chi connectivity index (χ1) is 9.43. The lowest BCUT2D eigenvalue weighted by Crippen LogP contribution is -2.36. The summed E-state index contributed by atoms with van der Waals surface area (Å²) in [6.45, 7) is 7.23. The van der Waals surface area contributed by atoms with E-state index in [0.717, 1.165) is 30.8 Å². The van der Waals surface area contributed by atoms with E-state index in [-0.39, 0.29) is 11.9 Å².